The zero-order chi connectivity index (χ0) is 35.7. The molecule has 49 heavy (non-hydrogen) atoms. The Morgan fingerprint density at radius 1 is 1.06 bits per heavy atom. The second-order valence-electron chi connectivity index (χ2n) is 13.9. The van der Waals surface area contributed by atoms with Gasteiger partial charge in [0.25, 0.3) is 5.91 Å². The Balaban J connectivity index is 1.71. The number of hydrogen-bond donors (Lipinski definition) is 1. The van der Waals surface area contributed by atoms with Crippen LogP contribution in [0.1, 0.15) is 62.8 Å². The Hall–Kier alpha value is -4.16. The molecule has 1 aromatic heterocycles. The molecule has 2 fully saturated rings. The van der Waals surface area contributed by atoms with Gasteiger partial charge in [0.05, 0.1) is 31.4 Å². The van der Waals surface area contributed by atoms with Gasteiger partial charge >= 0.3 is 12.1 Å². The third kappa shape index (κ3) is 7.55. The predicted octanol–water partition coefficient (Wildman–Crippen LogP) is 7.00. The molecule has 5 atom stereocenters. The van der Waals surface area contributed by atoms with Gasteiger partial charge in [-0.3, -0.25) is 4.79 Å². The number of carboxylic acids is 1. The summed E-state index contributed by atoms with van der Waals surface area (Å²) in [5, 5.41) is 10.9. The number of methoxy groups -OCH3 is 1. The van der Waals surface area contributed by atoms with Crippen LogP contribution in [0.15, 0.2) is 60.8 Å². The minimum Gasteiger partial charge on any atom is -0.481 e. The molecule has 3 aromatic rings. The molecule has 1 N–H and O–H groups in total. The molecule has 5 rings (SSSR count). The summed E-state index contributed by atoms with van der Waals surface area (Å²) in [4.78, 5) is 35.1. The van der Waals surface area contributed by atoms with E-state index in [2.05, 4.69) is 4.98 Å². The van der Waals surface area contributed by atoms with Crippen LogP contribution < -0.4 is 9.64 Å². The molecular weight excluding hydrogens is 639 g/mol. The smallest absolute Gasteiger partial charge is 0.417 e. The van der Waals surface area contributed by atoms with Gasteiger partial charge in [0.15, 0.2) is 0 Å². The molecular formula is C37H44F3N3O6. The number of ether oxygens (including phenoxy) is 3. The van der Waals surface area contributed by atoms with Crippen LogP contribution in [0.2, 0.25) is 0 Å². The molecule has 12 heteroatoms. The topological polar surface area (TPSA) is 101 Å². The van der Waals surface area contributed by atoms with Crippen LogP contribution in [-0.4, -0.2) is 72.9 Å². The van der Waals surface area contributed by atoms with Crippen molar-refractivity contribution in [1.29, 1.82) is 0 Å². The largest absolute Gasteiger partial charge is 0.481 e. The molecule has 2 aliphatic rings. The highest BCUT2D eigenvalue weighted by Crippen LogP contribution is 2.52. The molecule has 2 saturated heterocycles. The molecule has 0 radical (unpaired) electrons. The van der Waals surface area contributed by atoms with Crippen molar-refractivity contribution >= 4 is 17.6 Å². The van der Waals surface area contributed by atoms with Crippen LogP contribution >= 0.6 is 0 Å². The average molecular weight is 684 g/mol. The van der Waals surface area contributed by atoms with E-state index >= 15 is 0 Å². The van der Waals surface area contributed by atoms with Crippen molar-refractivity contribution in [3.63, 3.8) is 0 Å². The monoisotopic (exact) mass is 683 g/mol. The zero-order valence-corrected chi connectivity index (χ0v) is 28.7. The van der Waals surface area contributed by atoms with Crippen LogP contribution in [0.3, 0.4) is 0 Å². The van der Waals surface area contributed by atoms with E-state index in [1.54, 1.807) is 0 Å². The van der Waals surface area contributed by atoms with Gasteiger partial charge in [0.2, 0.25) is 5.88 Å². The standard InChI is InChI=1S/C37H44F3N3O6/c1-36(2,3)29-31(35(45)46)43(34(44)28-16-9-10-17-48-28)30(27-15-8-7-14-26(27)22-12-11-13-25(19-22)42(4)5)32(29)49-21-23-18-24(37(38,39)40)20-41-33(23)47-6/h7-8,11-15,18-20,28-32H,9-10,16-17,21H2,1-6H3,(H,45,46)/t28-,29+,30-,31-,32-/m0/s1. The normalized spacial score (nSPS) is 23.0. The van der Waals surface area contributed by atoms with Crippen molar-refractivity contribution in [2.45, 2.75) is 77.1 Å². The van der Waals surface area contributed by atoms with Gasteiger partial charge in [-0.15, -0.1) is 0 Å². The molecule has 2 aromatic carbocycles. The van der Waals surface area contributed by atoms with E-state index < -0.39 is 59.2 Å². The van der Waals surface area contributed by atoms with Crippen molar-refractivity contribution < 1.29 is 42.1 Å². The lowest BCUT2D eigenvalue weighted by Gasteiger charge is -2.35. The number of amides is 1. The molecule has 0 aliphatic carbocycles. The fourth-order valence-corrected chi connectivity index (χ4v) is 7.11. The lowest BCUT2D eigenvalue weighted by molar-refractivity contribution is -0.159. The summed E-state index contributed by atoms with van der Waals surface area (Å²) in [5.41, 5.74) is 1.55. The van der Waals surface area contributed by atoms with Crippen molar-refractivity contribution in [1.82, 2.24) is 9.88 Å². The summed E-state index contributed by atoms with van der Waals surface area (Å²) in [6.45, 7) is 5.65. The minimum absolute atomic E-state index is 0.0444. The maximum Gasteiger partial charge on any atom is 0.417 e. The molecule has 0 saturated carbocycles. The van der Waals surface area contributed by atoms with Crippen LogP contribution in [0.4, 0.5) is 18.9 Å². The number of alkyl halides is 3. The number of hydrogen-bond acceptors (Lipinski definition) is 7. The van der Waals surface area contributed by atoms with Crippen molar-refractivity contribution in [3.8, 4) is 17.0 Å². The molecule has 1 amide bonds. The summed E-state index contributed by atoms with van der Waals surface area (Å²) >= 11 is 0. The highest BCUT2D eigenvalue weighted by molar-refractivity contribution is 5.89. The lowest BCUT2D eigenvalue weighted by Crippen LogP contribution is -2.51. The van der Waals surface area contributed by atoms with E-state index in [1.165, 1.54) is 12.0 Å². The van der Waals surface area contributed by atoms with Gasteiger partial charge in [0.1, 0.15) is 12.1 Å². The van der Waals surface area contributed by atoms with E-state index in [0.717, 1.165) is 35.7 Å². The molecule has 264 valence electrons. The Bertz CT molecular complexity index is 1650. The van der Waals surface area contributed by atoms with Crippen molar-refractivity contribution in [3.05, 3.63) is 77.5 Å². The summed E-state index contributed by atoms with van der Waals surface area (Å²) < 4.78 is 59.1. The van der Waals surface area contributed by atoms with Crippen LogP contribution in [0.25, 0.3) is 11.1 Å². The first-order chi connectivity index (χ1) is 23.1. The summed E-state index contributed by atoms with van der Waals surface area (Å²) in [6, 6.07) is 14.0. The Morgan fingerprint density at radius 3 is 2.41 bits per heavy atom. The summed E-state index contributed by atoms with van der Waals surface area (Å²) in [5.74, 6) is -2.49. The minimum atomic E-state index is -4.66. The van der Waals surface area contributed by atoms with E-state index in [1.807, 2.05) is 88.3 Å². The number of rotatable bonds is 9. The van der Waals surface area contributed by atoms with Gasteiger partial charge in [-0.25, -0.2) is 9.78 Å². The number of halogens is 3. The second kappa shape index (κ2) is 14.4. The third-order valence-electron chi connectivity index (χ3n) is 9.40. The summed E-state index contributed by atoms with van der Waals surface area (Å²) in [6.07, 6.45) is -3.77. The second-order valence-corrected chi connectivity index (χ2v) is 13.9. The van der Waals surface area contributed by atoms with Crippen LogP contribution in [0, 0.1) is 11.3 Å². The number of aromatic nitrogens is 1. The zero-order valence-electron chi connectivity index (χ0n) is 28.7. The highest BCUT2D eigenvalue weighted by atomic mass is 19.4. The van der Waals surface area contributed by atoms with Gasteiger partial charge < -0.3 is 29.1 Å². The Labute approximate surface area is 285 Å². The number of benzene rings is 2. The highest BCUT2D eigenvalue weighted by Gasteiger charge is 2.60. The number of carbonyl (C=O) groups excluding carboxylic acids is 1. The average Bonchev–Trinajstić information content (AvgIpc) is 3.43. The van der Waals surface area contributed by atoms with Gasteiger partial charge in [-0.2, -0.15) is 13.2 Å². The van der Waals surface area contributed by atoms with E-state index in [-0.39, 0.29) is 18.1 Å². The first kappa shape index (κ1) is 36.1. The van der Waals surface area contributed by atoms with Gasteiger partial charge in [-0.05, 0) is 59.6 Å². The molecule has 0 bridgehead atoms. The van der Waals surface area contributed by atoms with Crippen LogP contribution in [0.5, 0.6) is 5.88 Å². The van der Waals surface area contributed by atoms with Crippen LogP contribution in [-0.2, 0) is 31.8 Å². The summed E-state index contributed by atoms with van der Waals surface area (Å²) in [7, 11) is 5.16. The predicted molar refractivity (Wildman–Crippen MR) is 178 cm³/mol. The molecule has 0 unspecified atom stereocenters. The molecule has 0 spiro atoms. The van der Waals surface area contributed by atoms with Crippen molar-refractivity contribution in [2.75, 3.05) is 32.7 Å². The first-order valence-corrected chi connectivity index (χ1v) is 16.4. The molecule has 2 aliphatic heterocycles. The Morgan fingerprint density at radius 2 is 1.80 bits per heavy atom. The fourth-order valence-electron chi connectivity index (χ4n) is 7.11. The quantitative estimate of drug-likeness (QED) is 0.258. The van der Waals surface area contributed by atoms with E-state index in [0.29, 0.717) is 24.8 Å². The van der Waals surface area contributed by atoms with E-state index in [9.17, 15) is 27.9 Å². The molecule has 3 heterocycles. The fraction of sp³-hybridized carbons (Fsp3) is 0.486. The number of carboxylic acid groups (broad SMARTS) is 1. The lowest BCUT2D eigenvalue weighted by atomic mass is 9.73. The number of aliphatic carboxylic acids is 1. The SMILES string of the molecule is COc1ncc(C(F)(F)F)cc1CO[C@H]1[C@H](C(C)(C)C)[C@@H](C(=O)O)N(C(=O)[C@@H]2CCCCO2)[C@H]1c1ccccc1-c1cccc(N(C)C)c1. The number of anilines is 1. The maximum atomic E-state index is 14.6. The van der Waals surface area contributed by atoms with Gasteiger partial charge in [-0.1, -0.05) is 57.2 Å². The number of carbonyl (C=O) groups is 2. The van der Waals surface area contributed by atoms with E-state index in [4.69, 9.17) is 14.2 Å². The van der Waals surface area contributed by atoms with Crippen molar-refractivity contribution in [2.24, 2.45) is 11.3 Å². The number of pyridine rings is 1. The number of nitrogens with zero attached hydrogens (tertiary/aromatic N) is 3. The first-order valence-electron chi connectivity index (χ1n) is 16.4. The molecule has 9 nitrogen and oxygen atoms in total. The Kier molecular flexibility index (Phi) is 10.6. The third-order valence-corrected chi connectivity index (χ3v) is 9.40. The van der Waals surface area contributed by atoms with Gasteiger partial charge in [0, 0.05) is 44.1 Å². The number of likely N-dealkylation sites (tertiary alicyclic amines) is 1. The maximum absolute atomic E-state index is 14.6.